The van der Waals surface area contributed by atoms with Gasteiger partial charge in [0.1, 0.15) is 5.75 Å². The highest BCUT2D eigenvalue weighted by molar-refractivity contribution is 6.11. The molecule has 0 aliphatic carbocycles. The predicted octanol–water partition coefficient (Wildman–Crippen LogP) is 3.53. The summed E-state index contributed by atoms with van der Waals surface area (Å²) < 4.78 is 21.2. The van der Waals surface area contributed by atoms with Crippen LogP contribution in [-0.2, 0) is 4.79 Å². The summed E-state index contributed by atoms with van der Waals surface area (Å²) in [5, 5.41) is 8.64. The SMILES string of the molecule is COc1ccc(/C=C(\C)C(=O)c2cc(OC)c(OC)c(OC)c2)cc1/C=C/C(=O)NO. The van der Waals surface area contributed by atoms with Crippen molar-refractivity contribution in [3.05, 3.63) is 58.7 Å². The number of carbonyl (C=O) groups is 2. The van der Waals surface area contributed by atoms with Crippen molar-refractivity contribution in [1.82, 2.24) is 5.48 Å². The van der Waals surface area contributed by atoms with Crippen molar-refractivity contribution < 1.29 is 33.7 Å². The van der Waals surface area contributed by atoms with E-state index >= 15 is 0 Å². The van der Waals surface area contributed by atoms with Crippen LogP contribution in [0, 0.1) is 0 Å². The van der Waals surface area contributed by atoms with Crippen LogP contribution in [0.4, 0.5) is 0 Å². The van der Waals surface area contributed by atoms with Crippen molar-refractivity contribution >= 4 is 23.8 Å². The Kier molecular flexibility index (Phi) is 8.22. The molecule has 0 bridgehead atoms. The molecule has 0 unspecified atom stereocenters. The number of methoxy groups -OCH3 is 4. The van der Waals surface area contributed by atoms with Crippen LogP contribution in [0.5, 0.6) is 23.0 Å². The molecule has 31 heavy (non-hydrogen) atoms. The number of hydrogen-bond acceptors (Lipinski definition) is 7. The topological polar surface area (TPSA) is 103 Å². The standard InChI is InChI=1S/C23H25NO7/c1-14(22(26)17-12-19(29-3)23(31-5)20(13-17)30-4)10-15-6-8-18(28-2)16(11-15)7-9-21(25)24-27/h6-13,27H,1-5H3,(H,24,25)/b9-7+,14-10+. The molecule has 2 aromatic rings. The maximum atomic E-state index is 13.0. The molecule has 0 radical (unpaired) electrons. The number of ketones is 1. The van der Waals surface area contributed by atoms with E-state index in [1.165, 1.54) is 46.1 Å². The maximum absolute atomic E-state index is 13.0. The van der Waals surface area contributed by atoms with Crippen LogP contribution in [-0.4, -0.2) is 45.3 Å². The number of carbonyl (C=O) groups excluding carboxylic acids is 2. The third kappa shape index (κ3) is 5.64. The van der Waals surface area contributed by atoms with Crippen molar-refractivity contribution in [3.8, 4) is 23.0 Å². The summed E-state index contributed by atoms with van der Waals surface area (Å²) in [6, 6.07) is 8.45. The zero-order valence-corrected chi connectivity index (χ0v) is 18.0. The van der Waals surface area contributed by atoms with Crippen molar-refractivity contribution in [2.75, 3.05) is 28.4 Å². The van der Waals surface area contributed by atoms with Gasteiger partial charge >= 0.3 is 0 Å². The van der Waals surface area contributed by atoms with E-state index in [0.29, 0.717) is 39.7 Å². The molecule has 0 aromatic heterocycles. The van der Waals surface area contributed by atoms with E-state index in [4.69, 9.17) is 24.2 Å². The fraction of sp³-hybridized carbons (Fsp3) is 0.217. The van der Waals surface area contributed by atoms with E-state index in [-0.39, 0.29) is 5.78 Å². The van der Waals surface area contributed by atoms with Crippen LogP contribution in [0.25, 0.3) is 12.2 Å². The van der Waals surface area contributed by atoms with Gasteiger partial charge < -0.3 is 18.9 Å². The fourth-order valence-electron chi connectivity index (χ4n) is 2.93. The second-order valence-electron chi connectivity index (χ2n) is 6.38. The molecule has 164 valence electrons. The van der Waals surface area contributed by atoms with E-state index in [9.17, 15) is 9.59 Å². The smallest absolute Gasteiger partial charge is 0.267 e. The number of allylic oxidation sites excluding steroid dienone is 1. The van der Waals surface area contributed by atoms with Crippen LogP contribution >= 0.6 is 0 Å². The van der Waals surface area contributed by atoms with Crippen molar-refractivity contribution in [1.29, 1.82) is 0 Å². The zero-order chi connectivity index (χ0) is 23.0. The summed E-state index contributed by atoms with van der Waals surface area (Å²) >= 11 is 0. The Bertz CT molecular complexity index is 1000. The third-order valence-electron chi connectivity index (χ3n) is 4.45. The lowest BCUT2D eigenvalue weighted by Gasteiger charge is -2.14. The number of ether oxygens (including phenoxy) is 4. The Morgan fingerprint density at radius 2 is 1.52 bits per heavy atom. The van der Waals surface area contributed by atoms with Gasteiger partial charge in [0.15, 0.2) is 17.3 Å². The summed E-state index contributed by atoms with van der Waals surface area (Å²) in [7, 11) is 5.97. The first-order valence-electron chi connectivity index (χ1n) is 9.21. The molecule has 0 saturated carbocycles. The lowest BCUT2D eigenvalue weighted by Crippen LogP contribution is -2.14. The van der Waals surface area contributed by atoms with Crippen LogP contribution < -0.4 is 24.4 Å². The summed E-state index contributed by atoms with van der Waals surface area (Å²) in [5.74, 6) is 0.826. The molecular formula is C23H25NO7. The average molecular weight is 427 g/mol. The minimum absolute atomic E-state index is 0.216. The highest BCUT2D eigenvalue weighted by Gasteiger charge is 2.18. The Hall–Kier alpha value is -3.78. The monoisotopic (exact) mass is 427 g/mol. The molecule has 0 atom stereocenters. The first-order valence-corrected chi connectivity index (χ1v) is 9.21. The number of amides is 1. The lowest BCUT2D eigenvalue weighted by atomic mass is 10.00. The van der Waals surface area contributed by atoms with Gasteiger partial charge in [-0.05, 0) is 54.5 Å². The first kappa shape index (κ1) is 23.5. The number of benzene rings is 2. The van der Waals surface area contributed by atoms with Crippen molar-refractivity contribution in [3.63, 3.8) is 0 Å². The number of hydrogen-bond donors (Lipinski definition) is 2. The third-order valence-corrected chi connectivity index (χ3v) is 4.45. The molecule has 0 saturated heterocycles. The molecule has 0 spiro atoms. The average Bonchev–Trinajstić information content (AvgIpc) is 2.80. The minimum atomic E-state index is -0.670. The van der Waals surface area contributed by atoms with E-state index in [0.717, 1.165) is 5.56 Å². The van der Waals surface area contributed by atoms with Gasteiger partial charge in [-0.2, -0.15) is 0 Å². The van der Waals surface area contributed by atoms with Gasteiger partial charge in [0.05, 0.1) is 28.4 Å². The zero-order valence-electron chi connectivity index (χ0n) is 18.0. The van der Waals surface area contributed by atoms with E-state index < -0.39 is 5.91 Å². The summed E-state index contributed by atoms with van der Waals surface area (Å²) in [5.41, 5.74) is 3.72. The van der Waals surface area contributed by atoms with Gasteiger partial charge in [-0.3, -0.25) is 14.8 Å². The van der Waals surface area contributed by atoms with Crippen molar-refractivity contribution in [2.45, 2.75) is 6.92 Å². The minimum Gasteiger partial charge on any atom is -0.496 e. The second-order valence-corrected chi connectivity index (χ2v) is 6.38. The van der Waals surface area contributed by atoms with Gasteiger partial charge in [0.25, 0.3) is 5.91 Å². The number of nitrogens with one attached hydrogen (secondary N) is 1. The molecule has 0 aliphatic rings. The molecule has 2 N–H and O–H groups in total. The largest absolute Gasteiger partial charge is 0.496 e. The molecule has 8 nitrogen and oxygen atoms in total. The number of Topliss-reactive ketones (excluding diaryl/α,β-unsaturated/α-hetero) is 1. The van der Waals surface area contributed by atoms with Crippen LogP contribution in [0.2, 0.25) is 0 Å². The summed E-state index contributed by atoms with van der Waals surface area (Å²) in [6.07, 6.45) is 4.38. The molecule has 0 fully saturated rings. The quantitative estimate of drug-likeness (QED) is 0.273. The molecular weight excluding hydrogens is 402 g/mol. The lowest BCUT2D eigenvalue weighted by molar-refractivity contribution is -0.124. The number of hydroxylamine groups is 1. The van der Waals surface area contributed by atoms with Gasteiger partial charge in [-0.1, -0.05) is 6.07 Å². The Morgan fingerprint density at radius 3 is 2.03 bits per heavy atom. The Morgan fingerprint density at radius 1 is 0.903 bits per heavy atom. The summed E-state index contributed by atoms with van der Waals surface area (Å²) in [6.45, 7) is 1.70. The van der Waals surface area contributed by atoms with Gasteiger partial charge in [-0.25, -0.2) is 5.48 Å². The van der Waals surface area contributed by atoms with Gasteiger partial charge in [-0.15, -0.1) is 0 Å². The van der Waals surface area contributed by atoms with E-state index in [2.05, 4.69) is 0 Å². The fourth-order valence-corrected chi connectivity index (χ4v) is 2.93. The predicted molar refractivity (Wildman–Crippen MR) is 116 cm³/mol. The molecule has 0 aliphatic heterocycles. The highest BCUT2D eigenvalue weighted by Crippen LogP contribution is 2.38. The normalized spacial score (nSPS) is 11.2. The number of rotatable bonds is 9. The molecule has 1 amide bonds. The summed E-state index contributed by atoms with van der Waals surface area (Å²) in [4.78, 5) is 24.3. The highest BCUT2D eigenvalue weighted by atomic mass is 16.5. The van der Waals surface area contributed by atoms with E-state index in [1.807, 2.05) is 0 Å². The van der Waals surface area contributed by atoms with E-state index in [1.54, 1.807) is 43.3 Å². The Labute approximate surface area is 180 Å². The Balaban J connectivity index is 2.41. The second kappa shape index (κ2) is 10.8. The van der Waals surface area contributed by atoms with Crippen LogP contribution in [0.15, 0.2) is 42.0 Å². The van der Waals surface area contributed by atoms with Crippen LogP contribution in [0.3, 0.4) is 0 Å². The molecule has 2 rings (SSSR count). The van der Waals surface area contributed by atoms with Gasteiger partial charge in [0.2, 0.25) is 5.75 Å². The molecule has 0 heterocycles. The van der Waals surface area contributed by atoms with Crippen molar-refractivity contribution in [2.24, 2.45) is 0 Å². The van der Waals surface area contributed by atoms with Gasteiger partial charge in [0, 0.05) is 17.2 Å². The molecule has 2 aromatic carbocycles. The maximum Gasteiger partial charge on any atom is 0.267 e. The molecule has 8 heteroatoms. The first-order chi connectivity index (χ1) is 14.9. The van der Waals surface area contributed by atoms with Crippen LogP contribution in [0.1, 0.15) is 28.4 Å².